The van der Waals surface area contributed by atoms with Crippen molar-refractivity contribution in [2.75, 3.05) is 6.54 Å². The monoisotopic (exact) mass is 249 g/mol. The van der Waals surface area contributed by atoms with Crippen molar-refractivity contribution in [2.24, 2.45) is 0 Å². The maximum atomic E-state index is 13.8. The van der Waals surface area contributed by atoms with Crippen LogP contribution in [0.3, 0.4) is 0 Å². The van der Waals surface area contributed by atoms with Crippen LogP contribution in [0.2, 0.25) is 0 Å². The fourth-order valence-corrected chi connectivity index (χ4v) is 2.69. The summed E-state index contributed by atoms with van der Waals surface area (Å²) in [6.45, 7) is 5.78. The number of halogens is 1. The number of nitrogens with one attached hydrogen (secondary N) is 1. The van der Waals surface area contributed by atoms with Crippen LogP contribution in [0.5, 0.6) is 0 Å². The average Bonchev–Trinajstić information content (AvgIpc) is 2.75. The molecular weight excluding hydrogens is 233 g/mol. The van der Waals surface area contributed by atoms with Gasteiger partial charge in [0.1, 0.15) is 5.82 Å². The largest absolute Gasteiger partial charge is 0.312 e. The number of aryl methyl sites for hydroxylation is 1. The van der Waals surface area contributed by atoms with Gasteiger partial charge in [-0.2, -0.15) is 0 Å². The molecule has 0 fully saturated rings. The first kappa shape index (κ1) is 12.3. The number of benzene rings is 1. The number of thiophene rings is 1. The molecule has 2 aromatic rings. The van der Waals surface area contributed by atoms with Crippen LogP contribution in [-0.4, -0.2) is 6.54 Å². The van der Waals surface area contributed by atoms with Gasteiger partial charge >= 0.3 is 0 Å². The molecule has 0 aliphatic heterocycles. The fraction of sp³-hybridized carbons (Fsp3) is 0.286. The van der Waals surface area contributed by atoms with Crippen molar-refractivity contribution in [3.8, 4) is 10.4 Å². The molecule has 1 N–H and O–H groups in total. The zero-order chi connectivity index (χ0) is 12.3. The predicted octanol–water partition coefficient (Wildman–Crippen LogP) is 3.97. The Morgan fingerprint density at radius 1 is 1.24 bits per heavy atom. The Labute approximate surface area is 105 Å². The van der Waals surface area contributed by atoms with E-state index < -0.39 is 0 Å². The summed E-state index contributed by atoms with van der Waals surface area (Å²) in [7, 11) is 0. The molecule has 0 spiro atoms. The highest BCUT2D eigenvalue weighted by atomic mass is 32.1. The van der Waals surface area contributed by atoms with E-state index in [1.54, 1.807) is 17.4 Å². The second-order valence-electron chi connectivity index (χ2n) is 4.03. The molecule has 0 amide bonds. The molecule has 0 saturated carbocycles. The Morgan fingerprint density at radius 3 is 2.76 bits per heavy atom. The SMILES string of the molecule is CCNCc1ccc(-c2ccc(C)cc2F)s1. The Bertz CT molecular complexity index is 505. The van der Waals surface area contributed by atoms with Crippen LogP contribution in [0.4, 0.5) is 4.39 Å². The molecule has 0 saturated heterocycles. The smallest absolute Gasteiger partial charge is 0.132 e. The summed E-state index contributed by atoms with van der Waals surface area (Å²) in [6.07, 6.45) is 0. The third kappa shape index (κ3) is 2.93. The van der Waals surface area contributed by atoms with E-state index in [1.807, 2.05) is 25.1 Å². The maximum absolute atomic E-state index is 13.8. The van der Waals surface area contributed by atoms with Gasteiger partial charge in [0, 0.05) is 21.9 Å². The molecule has 0 unspecified atom stereocenters. The van der Waals surface area contributed by atoms with Crippen molar-refractivity contribution in [2.45, 2.75) is 20.4 Å². The Balaban J connectivity index is 2.24. The molecule has 1 aromatic carbocycles. The minimum absolute atomic E-state index is 0.137. The number of hydrogen-bond acceptors (Lipinski definition) is 2. The molecule has 2 rings (SSSR count). The molecular formula is C14H16FNS. The molecule has 3 heteroatoms. The lowest BCUT2D eigenvalue weighted by atomic mass is 10.1. The van der Waals surface area contributed by atoms with Crippen molar-refractivity contribution >= 4 is 11.3 Å². The summed E-state index contributed by atoms with van der Waals surface area (Å²) in [4.78, 5) is 2.23. The Hall–Kier alpha value is -1.19. The summed E-state index contributed by atoms with van der Waals surface area (Å²) in [5.74, 6) is -0.137. The van der Waals surface area contributed by atoms with Crippen LogP contribution in [0.25, 0.3) is 10.4 Å². The summed E-state index contributed by atoms with van der Waals surface area (Å²) < 4.78 is 13.8. The van der Waals surface area contributed by atoms with E-state index in [1.165, 1.54) is 4.88 Å². The quantitative estimate of drug-likeness (QED) is 0.864. The molecule has 1 aromatic heterocycles. The van der Waals surface area contributed by atoms with Crippen LogP contribution in [0.1, 0.15) is 17.4 Å². The van der Waals surface area contributed by atoms with Gasteiger partial charge in [0.05, 0.1) is 0 Å². The second kappa shape index (κ2) is 5.43. The zero-order valence-corrected chi connectivity index (χ0v) is 10.9. The van der Waals surface area contributed by atoms with Crippen LogP contribution in [0, 0.1) is 12.7 Å². The third-order valence-corrected chi connectivity index (χ3v) is 3.72. The van der Waals surface area contributed by atoms with Crippen LogP contribution in [0.15, 0.2) is 30.3 Å². The van der Waals surface area contributed by atoms with Crippen molar-refractivity contribution < 1.29 is 4.39 Å². The molecule has 17 heavy (non-hydrogen) atoms. The van der Waals surface area contributed by atoms with Gasteiger partial charge in [-0.25, -0.2) is 4.39 Å². The van der Waals surface area contributed by atoms with Gasteiger partial charge in [-0.1, -0.05) is 19.1 Å². The standard InChI is InChI=1S/C14H16FNS/c1-3-16-9-11-5-7-14(17-11)12-6-4-10(2)8-13(12)15/h4-8,16H,3,9H2,1-2H3. The van der Waals surface area contributed by atoms with E-state index >= 15 is 0 Å². The van der Waals surface area contributed by atoms with Crippen molar-refractivity contribution in [1.29, 1.82) is 0 Å². The van der Waals surface area contributed by atoms with E-state index in [4.69, 9.17) is 0 Å². The van der Waals surface area contributed by atoms with Gasteiger partial charge in [0.2, 0.25) is 0 Å². The fourth-order valence-electron chi connectivity index (χ4n) is 1.69. The maximum Gasteiger partial charge on any atom is 0.132 e. The second-order valence-corrected chi connectivity index (χ2v) is 5.20. The first-order valence-corrected chi connectivity index (χ1v) is 6.58. The van der Waals surface area contributed by atoms with Gasteiger partial charge in [-0.3, -0.25) is 0 Å². The minimum Gasteiger partial charge on any atom is -0.312 e. The summed E-state index contributed by atoms with van der Waals surface area (Å²) in [6, 6.07) is 9.43. The summed E-state index contributed by atoms with van der Waals surface area (Å²) in [5, 5.41) is 3.27. The van der Waals surface area contributed by atoms with Crippen molar-refractivity contribution in [3.63, 3.8) is 0 Å². The molecule has 1 nitrogen and oxygen atoms in total. The molecule has 0 radical (unpaired) electrons. The molecule has 0 aliphatic carbocycles. The Kier molecular flexibility index (Phi) is 3.92. The molecule has 90 valence electrons. The van der Waals surface area contributed by atoms with Gasteiger partial charge in [0.25, 0.3) is 0 Å². The first-order chi connectivity index (χ1) is 8.20. The molecule has 0 aliphatic rings. The number of rotatable bonds is 4. The lowest BCUT2D eigenvalue weighted by Gasteiger charge is -2.01. The highest BCUT2D eigenvalue weighted by Gasteiger charge is 2.07. The average molecular weight is 249 g/mol. The summed E-state index contributed by atoms with van der Waals surface area (Å²) >= 11 is 1.64. The van der Waals surface area contributed by atoms with Gasteiger partial charge in [-0.05, 0) is 37.2 Å². The minimum atomic E-state index is -0.137. The van der Waals surface area contributed by atoms with E-state index in [0.29, 0.717) is 5.56 Å². The van der Waals surface area contributed by atoms with Crippen LogP contribution in [-0.2, 0) is 6.54 Å². The van der Waals surface area contributed by atoms with Gasteiger partial charge < -0.3 is 5.32 Å². The predicted molar refractivity (Wildman–Crippen MR) is 71.8 cm³/mol. The van der Waals surface area contributed by atoms with E-state index in [2.05, 4.69) is 18.3 Å². The topological polar surface area (TPSA) is 12.0 Å². The van der Waals surface area contributed by atoms with Gasteiger partial charge in [-0.15, -0.1) is 11.3 Å². The summed E-state index contributed by atoms with van der Waals surface area (Å²) in [5.41, 5.74) is 1.65. The normalized spacial score (nSPS) is 10.8. The van der Waals surface area contributed by atoms with E-state index in [-0.39, 0.29) is 5.82 Å². The lowest BCUT2D eigenvalue weighted by Crippen LogP contribution is -2.10. The highest BCUT2D eigenvalue weighted by molar-refractivity contribution is 7.15. The van der Waals surface area contributed by atoms with E-state index in [0.717, 1.165) is 23.5 Å². The van der Waals surface area contributed by atoms with Crippen LogP contribution >= 0.6 is 11.3 Å². The lowest BCUT2D eigenvalue weighted by molar-refractivity contribution is 0.630. The third-order valence-electron chi connectivity index (χ3n) is 2.60. The van der Waals surface area contributed by atoms with Gasteiger partial charge in [0.15, 0.2) is 0 Å². The molecule has 0 bridgehead atoms. The first-order valence-electron chi connectivity index (χ1n) is 5.76. The van der Waals surface area contributed by atoms with Crippen LogP contribution < -0.4 is 5.32 Å². The number of hydrogen-bond donors (Lipinski definition) is 1. The molecule has 1 heterocycles. The molecule has 0 atom stereocenters. The van der Waals surface area contributed by atoms with Crippen molar-refractivity contribution in [1.82, 2.24) is 5.32 Å². The zero-order valence-electron chi connectivity index (χ0n) is 10.1. The van der Waals surface area contributed by atoms with Crippen molar-refractivity contribution in [3.05, 3.63) is 46.6 Å². The highest BCUT2D eigenvalue weighted by Crippen LogP contribution is 2.30. The van der Waals surface area contributed by atoms with E-state index in [9.17, 15) is 4.39 Å². The Morgan fingerprint density at radius 2 is 2.06 bits per heavy atom.